The molecule has 0 radical (unpaired) electrons. The molecule has 1 aliphatic rings. The van der Waals surface area contributed by atoms with Crippen molar-refractivity contribution in [3.63, 3.8) is 0 Å². The average molecular weight is 373 g/mol. The Kier molecular flexibility index (Phi) is 6.47. The molecule has 4 heteroatoms. The SMILES string of the molecule is O=C(CCC[N+]1(Cc2ccc(Cl)cc2)CCC(O)CC1)c1ccccc1. The Morgan fingerprint density at radius 2 is 1.69 bits per heavy atom. The molecule has 1 fully saturated rings. The Morgan fingerprint density at radius 1 is 1.04 bits per heavy atom. The van der Waals surface area contributed by atoms with Crippen LogP contribution in [0, 0.1) is 0 Å². The van der Waals surface area contributed by atoms with E-state index in [2.05, 4.69) is 12.1 Å². The highest BCUT2D eigenvalue weighted by Gasteiger charge is 2.33. The van der Waals surface area contributed by atoms with E-state index in [1.54, 1.807) is 0 Å². The molecule has 1 aliphatic heterocycles. The van der Waals surface area contributed by atoms with Crippen molar-refractivity contribution in [2.75, 3.05) is 19.6 Å². The molecule has 0 amide bonds. The molecule has 2 aromatic rings. The maximum absolute atomic E-state index is 12.4. The molecule has 0 bridgehead atoms. The molecule has 1 heterocycles. The smallest absolute Gasteiger partial charge is 0.163 e. The highest BCUT2D eigenvalue weighted by Crippen LogP contribution is 2.25. The van der Waals surface area contributed by atoms with Crippen LogP contribution in [0.3, 0.4) is 0 Å². The van der Waals surface area contributed by atoms with Gasteiger partial charge in [-0.15, -0.1) is 0 Å². The monoisotopic (exact) mass is 372 g/mol. The molecule has 1 saturated heterocycles. The molecule has 3 nitrogen and oxygen atoms in total. The van der Waals surface area contributed by atoms with E-state index in [4.69, 9.17) is 11.6 Å². The lowest BCUT2D eigenvalue weighted by Crippen LogP contribution is -2.53. The van der Waals surface area contributed by atoms with Crippen LogP contribution in [0.1, 0.15) is 41.6 Å². The van der Waals surface area contributed by atoms with Crippen LogP contribution in [-0.4, -0.2) is 41.1 Å². The molecule has 0 atom stereocenters. The van der Waals surface area contributed by atoms with Gasteiger partial charge in [0.1, 0.15) is 6.54 Å². The van der Waals surface area contributed by atoms with E-state index < -0.39 is 0 Å². The summed E-state index contributed by atoms with van der Waals surface area (Å²) in [7, 11) is 0. The fourth-order valence-corrected chi connectivity index (χ4v) is 4.01. The second kappa shape index (κ2) is 8.81. The number of carbonyl (C=O) groups is 1. The molecule has 3 rings (SSSR count). The van der Waals surface area contributed by atoms with Crippen molar-refractivity contribution in [1.82, 2.24) is 0 Å². The van der Waals surface area contributed by atoms with E-state index in [1.807, 2.05) is 42.5 Å². The van der Waals surface area contributed by atoms with Crippen molar-refractivity contribution in [3.8, 4) is 0 Å². The second-order valence-corrected chi connectivity index (χ2v) is 7.86. The van der Waals surface area contributed by atoms with E-state index in [0.717, 1.165) is 60.5 Å². The van der Waals surface area contributed by atoms with E-state index in [0.29, 0.717) is 6.42 Å². The van der Waals surface area contributed by atoms with E-state index in [-0.39, 0.29) is 11.9 Å². The van der Waals surface area contributed by atoms with Crippen molar-refractivity contribution in [1.29, 1.82) is 0 Å². The summed E-state index contributed by atoms with van der Waals surface area (Å²) in [6.07, 6.45) is 2.93. The number of nitrogens with zero attached hydrogens (tertiary/aromatic N) is 1. The number of rotatable bonds is 7. The summed E-state index contributed by atoms with van der Waals surface area (Å²) in [5, 5.41) is 10.7. The molecule has 1 N–H and O–H groups in total. The molecule has 138 valence electrons. The van der Waals surface area contributed by atoms with Crippen molar-refractivity contribution in [2.24, 2.45) is 0 Å². The average Bonchev–Trinajstić information content (AvgIpc) is 2.67. The molecule has 26 heavy (non-hydrogen) atoms. The van der Waals surface area contributed by atoms with Crippen LogP contribution in [0.2, 0.25) is 5.02 Å². The van der Waals surface area contributed by atoms with Crippen LogP contribution in [0.5, 0.6) is 0 Å². The Morgan fingerprint density at radius 3 is 2.35 bits per heavy atom. The minimum atomic E-state index is -0.183. The molecular weight excluding hydrogens is 346 g/mol. The van der Waals surface area contributed by atoms with Gasteiger partial charge in [-0.25, -0.2) is 0 Å². The number of hydrogen-bond donors (Lipinski definition) is 1. The quantitative estimate of drug-likeness (QED) is 0.575. The highest BCUT2D eigenvalue weighted by atomic mass is 35.5. The number of halogens is 1. The first-order chi connectivity index (χ1) is 12.6. The first-order valence-electron chi connectivity index (χ1n) is 9.42. The number of aliphatic hydroxyl groups excluding tert-OH is 1. The third kappa shape index (κ3) is 5.16. The molecular formula is C22H27ClNO2+. The number of quaternary nitrogens is 1. The number of hydrogen-bond acceptors (Lipinski definition) is 2. The number of aliphatic hydroxyl groups is 1. The lowest BCUT2D eigenvalue weighted by molar-refractivity contribution is -0.946. The standard InChI is InChI=1S/C22H27ClNO2/c23-20-10-8-18(9-11-20)17-24(15-12-21(25)13-16-24)14-4-7-22(26)19-5-2-1-3-6-19/h1-3,5-6,8-11,21,25H,4,7,12-17H2/q+1. The molecule has 0 aromatic heterocycles. The van der Waals surface area contributed by atoms with Crippen LogP contribution < -0.4 is 0 Å². The van der Waals surface area contributed by atoms with Gasteiger partial charge < -0.3 is 9.59 Å². The van der Waals surface area contributed by atoms with Crippen molar-refractivity contribution in [3.05, 3.63) is 70.7 Å². The Balaban J connectivity index is 1.62. The van der Waals surface area contributed by atoms with Gasteiger partial charge in [0.15, 0.2) is 5.78 Å². The van der Waals surface area contributed by atoms with Gasteiger partial charge in [0, 0.05) is 41.8 Å². The number of carbonyl (C=O) groups excluding carboxylic acids is 1. The van der Waals surface area contributed by atoms with Crippen molar-refractivity contribution >= 4 is 17.4 Å². The van der Waals surface area contributed by atoms with Gasteiger partial charge in [-0.1, -0.05) is 54.1 Å². The van der Waals surface area contributed by atoms with Gasteiger partial charge in [0.05, 0.1) is 25.7 Å². The largest absolute Gasteiger partial charge is 0.393 e. The second-order valence-electron chi connectivity index (χ2n) is 7.42. The van der Waals surface area contributed by atoms with E-state index in [1.165, 1.54) is 5.56 Å². The summed E-state index contributed by atoms with van der Waals surface area (Å²) in [6, 6.07) is 17.6. The maximum atomic E-state index is 12.4. The number of ketones is 1. The Labute approximate surface area is 160 Å². The zero-order valence-electron chi connectivity index (χ0n) is 15.1. The summed E-state index contributed by atoms with van der Waals surface area (Å²) < 4.78 is 0.945. The van der Waals surface area contributed by atoms with E-state index >= 15 is 0 Å². The minimum Gasteiger partial charge on any atom is -0.393 e. The molecule has 0 saturated carbocycles. The summed E-state index contributed by atoms with van der Waals surface area (Å²) >= 11 is 6.01. The third-order valence-corrected chi connectivity index (χ3v) is 5.69. The van der Waals surface area contributed by atoms with E-state index in [9.17, 15) is 9.90 Å². The number of piperidine rings is 1. The molecule has 2 aromatic carbocycles. The fourth-order valence-electron chi connectivity index (χ4n) is 3.88. The summed E-state index contributed by atoms with van der Waals surface area (Å²) in [6.45, 7) is 3.82. The predicted octanol–water partition coefficient (Wildman–Crippen LogP) is 4.47. The molecule has 0 spiro atoms. The summed E-state index contributed by atoms with van der Waals surface area (Å²) in [5.41, 5.74) is 2.06. The molecule has 0 aliphatic carbocycles. The number of benzene rings is 2. The fraction of sp³-hybridized carbons (Fsp3) is 0.409. The predicted molar refractivity (Wildman–Crippen MR) is 105 cm³/mol. The van der Waals surface area contributed by atoms with Crippen LogP contribution in [-0.2, 0) is 6.54 Å². The Bertz CT molecular complexity index is 707. The summed E-state index contributed by atoms with van der Waals surface area (Å²) in [4.78, 5) is 12.4. The van der Waals surface area contributed by atoms with Gasteiger partial charge >= 0.3 is 0 Å². The van der Waals surface area contributed by atoms with Crippen LogP contribution >= 0.6 is 11.6 Å². The van der Waals surface area contributed by atoms with Crippen LogP contribution in [0.15, 0.2) is 54.6 Å². The maximum Gasteiger partial charge on any atom is 0.163 e. The Hall–Kier alpha value is -1.68. The molecule has 0 unspecified atom stereocenters. The number of Topliss-reactive ketones (excluding diaryl/α,β-unsaturated/α-hetero) is 1. The van der Waals surface area contributed by atoms with Gasteiger partial charge in [-0.3, -0.25) is 4.79 Å². The topological polar surface area (TPSA) is 37.3 Å². The van der Waals surface area contributed by atoms with Gasteiger partial charge in [0.2, 0.25) is 0 Å². The van der Waals surface area contributed by atoms with Crippen molar-refractivity contribution < 1.29 is 14.4 Å². The first-order valence-corrected chi connectivity index (χ1v) is 9.80. The van der Waals surface area contributed by atoms with Gasteiger partial charge in [-0.05, 0) is 12.1 Å². The minimum absolute atomic E-state index is 0.183. The first kappa shape index (κ1) is 19.1. The highest BCUT2D eigenvalue weighted by molar-refractivity contribution is 6.30. The lowest BCUT2D eigenvalue weighted by Gasteiger charge is -2.43. The normalized spacial score (nSPS) is 22.9. The lowest BCUT2D eigenvalue weighted by atomic mass is 10.0. The van der Waals surface area contributed by atoms with Gasteiger partial charge in [0.25, 0.3) is 0 Å². The van der Waals surface area contributed by atoms with Crippen LogP contribution in [0.25, 0.3) is 0 Å². The van der Waals surface area contributed by atoms with Gasteiger partial charge in [-0.2, -0.15) is 0 Å². The van der Waals surface area contributed by atoms with Crippen molar-refractivity contribution in [2.45, 2.75) is 38.3 Å². The zero-order valence-corrected chi connectivity index (χ0v) is 15.9. The number of likely N-dealkylation sites (tertiary alicyclic amines) is 1. The third-order valence-electron chi connectivity index (χ3n) is 5.44. The van der Waals surface area contributed by atoms with Crippen LogP contribution in [0.4, 0.5) is 0 Å². The summed E-state index contributed by atoms with van der Waals surface area (Å²) in [5.74, 6) is 0.215. The zero-order chi connectivity index (χ0) is 18.4.